The lowest BCUT2D eigenvalue weighted by Gasteiger charge is -2.41. The fourth-order valence-corrected chi connectivity index (χ4v) is 3.88. The first kappa shape index (κ1) is 17.8. The number of aromatic nitrogens is 3. The maximum atomic E-state index is 12.0. The zero-order valence-electron chi connectivity index (χ0n) is 14.8. The molecular formula is C19H18ClN3O4. The Morgan fingerprint density at radius 3 is 2.67 bits per heavy atom. The number of rotatable bonds is 4. The normalized spacial score (nSPS) is 21.9. The summed E-state index contributed by atoms with van der Waals surface area (Å²) in [5.41, 5.74) is 1.27. The van der Waals surface area contributed by atoms with Crippen molar-refractivity contribution in [3.63, 3.8) is 0 Å². The lowest BCUT2D eigenvalue weighted by atomic mass is 9.77. The minimum absolute atomic E-state index is 0.0497. The second-order valence-electron chi connectivity index (χ2n) is 7.17. The molecular weight excluding hydrogens is 370 g/mol. The van der Waals surface area contributed by atoms with Crippen molar-refractivity contribution in [3.05, 3.63) is 46.7 Å². The molecule has 0 amide bonds. The molecule has 1 aliphatic rings. The van der Waals surface area contributed by atoms with Crippen LogP contribution in [-0.2, 0) is 0 Å². The van der Waals surface area contributed by atoms with Crippen molar-refractivity contribution in [3.8, 4) is 22.6 Å². The Balaban J connectivity index is 1.79. The van der Waals surface area contributed by atoms with Gasteiger partial charge in [-0.2, -0.15) is 5.10 Å². The molecule has 0 bridgehead atoms. The van der Waals surface area contributed by atoms with Crippen molar-refractivity contribution in [2.24, 2.45) is 0 Å². The summed E-state index contributed by atoms with van der Waals surface area (Å²) < 4.78 is 7.23. The van der Waals surface area contributed by atoms with Crippen molar-refractivity contribution >= 4 is 17.6 Å². The van der Waals surface area contributed by atoms with Crippen molar-refractivity contribution in [2.75, 3.05) is 0 Å². The van der Waals surface area contributed by atoms with Crippen molar-refractivity contribution in [2.45, 2.75) is 38.3 Å². The van der Waals surface area contributed by atoms with E-state index in [2.05, 4.69) is 10.3 Å². The van der Waals surface area contributed by atoms with Gasteiger partial charge in [0, 0.05) is 11.3 Å². The average molecular weight is 388 g/mol. The highest BCUT2D eigenvalue weighted by Crippen LogP contribution is 2.43. The number of aromatic carboxylic acids is 1. The van der Waals surface area contributed by atoms with Gasteiger partial charge < -0.3 is 14.7 Å². The SMILES string of the molecule is Cc1c(-c2onc(-c3ccccc3Cl)c2C(=O)O)cnn1C1CC(C)(O)C1. The third kappa shape index (κ3) is 2.93. The maximum Gasteiger partial charge on any atom is 0.342 e. The molecule has 1 aromatic carbocycles. The van der Waals surface area contributed by atoms with Crippen LogP contribution < -0.4 is 0 Å². The summed E-state index contributed by atoms with van der Waals surface area (Å²) in [6.45, 7) is 3.64. The lowest BCUT2D eigenvalue weighted by Crippen LogP contribution is -2.42. The molecule has 8 heteroatoms. The van der Waals surface area contributed by atoms with E-state index in [-0.39, 0.29) is 23.1 Å². The van der Waals surface area contributed by atoms with E-state index < -0.39 is 11.6 Å². The van der Waals surface area contributed by atoms with Gasteiger partial charge in [0.05, 0.1) is 28.4 Å². The summed E-state index contributed by atoms with van der Waals surface area (Å²) in [5, 5.41) is 28.5. The van der Waals surface area contributed by atoms with E-state index in [1.54, 1.807) is 42.1 Å². The van der Waals surface area contributed by atoms with E-state index >= 15 is 0 Å². The number of aliphatic hydroxyl groups is 1. The molecule has 2 N–H and O–H groups in total. The summed E-state index contributed by atoms with van der Waals surface area (Å²) in [7, 11) is 0. The van der Waals surface area contributed by atoms with Crippen molar-refractivity contribution in [1.29, 1.82) is 0 Å². The van der Waals surface area contributed by atoms with E-state index in [1.165, 1.54) is 0 Å². The fraction of sp³-hybridized carbons (Fsp3) is 0.316. The minimum atomic E-state index is -1.15. The highest BCUT2D eigenvalue weighted by atomic mass is 35.5. The number of carboxylic acids is 1. The van der Waals surface area contributed by atoms with Gasteiger partial charge >= 0.3 is 5.97 Å². The van der Waals surface area contributed by atoms with Gasteiger partial charge in [-0.15, -0.1) is 0 Å². The van der Waals surface area contributed by atoms with E-state index in [0.717, 1.165) is 5.69 Å². The second kappa shape index (κ2) is 6.21. The lowest BCUT2D eigenvalue weighted by molar-refractivity contribution is -0.0548. The predicted octanol–water partition coefficient (Wildman–Crippen LogP) is 3.95. The molecule has 1 aliphatic carbocycles. The van der Waals surface area contributed by atoms with Crippen molar-refractivity contribution in [1.82, 2.24) is 14.9 Å². The number of carboxylic acid groups (broad SMARTS) is 1. The van der Waals surface area contributed by atoms with Gasteiger partial charge in [-0.3, -0.25) is 4.68 Å². The number of hydrogen-bond acceptors (Lipinski definition) is 5. The number of nitrogens with zero attached hydrogens (tertiary/aromatic N) is 3. The largest absolute Gasteiger partial charge is 0.477 e. The first-order valence-corrected chi connectivity index (χ1v) is 8.91. The molecule has 0 aliphatic heterocycles. The van der Waals surface area contributed by atoms with Crippen LogP contribution in [0.2, 0.25) is 5.02 Å². The van der Waals surface area contributed by atoms with E-state index in [9.17, 15) is 15.0 Å². The van der Waals surface area contributed by atoms with Crippen LogP contribution >= 0.6 is 11.6 Å². The standard InChI is InChI=1S/C19H18ClN3O4/c1-10-13(9-21-23(10)11-7-19(2,26)8-11)17-15(18(24)25)16(22-27-17)12-5-3-4-6-14(12)20/h3-6,9,11,26H,7-8H2,1-2H3,(H,24,25). The van der Waals surface area contributed by atoms with E-state index in [0.29, 0.717) is 29.0 Å². The maximum absolute atomic E-state index is 12.0. The van der Waals surface area contributed by atoms with Crippen LogP contribution in [0.1, 0.15) is 41.9 Å². The number of carbonyl (C=O) groups is 1. The summed E-state index contributed by atoms with van der Waals surface area (Å²) in [5.74, 6) is -1.01. The predicted molar refractivity (Wildman–Crippen MR) is 98.8 cm³/mol. The fourth-order valence-electron chi connectivity index (χ4n) is 3.65. The Labute approximate surface area is 160 Å². The van der Waals surface area contributed by atoms with Gasteiger partial charge in [-0.1, -0.05) is 35.0 Å². The van der Waals surface area contributed by atoms with E-state index in [4.69, 9.17) is 16.1 Å². The molecule has 0 radical (unpaired) electrons. The molecule has 0 spiro atoms. The highest BCUT2D eigenvalue weighted by Gasteiger charge is 2.41. The Bertz CT molecular complexity index is 1030. The first-order valence-electron chi connectivity index (χ1n) is 8.53. The molecule has 0 atom stereocenters. The molecule has 2 aromatic heterocycles. The minimum Gasteiger partial charge on any atom is -0.477 e. The Kier molecular flexibility index (Phi) is 4.09. The summed E-state index contributed by atoms with van der Waals surface area (Å²) >= 11 is 6.21. The Morgan fingerprint density at radius 2 is 2.04 bits per heavy atom. The van der Waals surface area contributed by atoms with Gasteiger partial charge in [0.25, 0.3) is 0 Å². The van der Waals surface area contributed by atoms with Gasteiger partial charge in [-0.05, 0) is 32.8 Å². The van der Waals surface area contributed by atoms with Crippen LogP contribution in [0.3, 0.4) is 0 Å². The zero-order valence-corrected chi connectivity index (χ0v) is 15.6. The molecule has 1 saturated carbocycles. The van der Waals surface area contributed by atoms with E-state index in [1.807, 2.05) is 6.92 Å². The van der Waals surface area contributed by atoms with Crippen LogP contribution in [0.4, 0.5) is 0 Å². The Hall–Kier alpha value is -2.64. The first-order chi connectivity index (χ1) is 12.8. The number of hydrogen-bond donors (Lipinski definition) is 2. The van der Waals surface area contributed by atoms with Crippen LogP contribution in [-0.4, -0.2) is 36.7 Å². The molecule has 140 valence electrons. The third-order valence-corrected chi connectivity index (χ3v) is 5.35. The van der Waals surface area contributed by atoms with Crippen LogP contribution in [0.5, 0.6) is 0 Å². The summed E-state index contributed by atoms with van der Waals surface area (Å²) in [6, 6.07) is 6.96. The third-order valence-electron chi connectivity index (χ3n) is 5.02. The molecule has 7 nitrogen and oxygen atoms in total. The molecule has 2 heterocycles. The summed E-state index contributed by atoms with van der Waals surface area (Å²) in [6.07, 6.45) is 2.77. The Morgan fingerprint density at radius 1 is 1.33 bits per heavy atom. The smallest absolute Gasteiger partial charge is 0.342 e. The molecule has 27 heavy (non-hydrogen) atoms. The number of benzene rings is 1. The molecule has 4 rings (SSSR count). The van der Waals surface area contributed by atoms with Gasteiger partial charge in [0.15, 0.2) is 5.76 Å². The summed E-state index contributed by atoms with van der Waals surface area (Å²) in [4.78, 5) is 12.0. The molecule has 0 unspecified atom stereocenters. The molecule has 0 saturated heterocycles. The zero-order chi connectivity index (χ0) is 19.3. The van der Waals surface area contributed by atoms with Crippen LogP contribution in [0, 0.1) is 6.92 Å². The number of halogens is 1. The molecule has 1 fully saturated rings. The van der Waals surface area contributed by atoms with Gasteiger partial charge in [0.2, 0.25) is 0 Å². The van der Waals surface area contributed by atoms with Crippen LogP contribution in [0.25, 0.3) is 22.6 Å². The monoisotopic (exact) mass is 387 g/mol. The average Bonchev–Trinajstić information content (AvgIpc) is 3.16. The highest BCUT2D eigenvalue weighted by molar-refractivity contribution is 6.33. The van der Waals surface area contributed by atoms with Crippen molar-refractivity contribution < 1.29 is 19.5 Å². The topological polar surface area (TPSA) is 101 Å². The quantitative estimate of drug-likeness (QED) is 0.702. The second-order valence-corrected chi connectivity index (χ2v) is 7.57. The van der Waals surface area contributed by atoms with Crippen LogP contribution in [0.15, 0.2) is 35.0 Å². The molecule has 3 aromatic rings. The van der Waals surface area contributed by atoms with Gasteiger partial charge in [0.1, 0.15) is 11.3 Å². The van der Waals surface area contributed by atoms with Gasteiger partial charge in [-0.25, -0.2) is 4.79 Å².